The third-order valence-corrected chi connectivity index (χ3v) is 7.18. The maximum atomic E-state index is 12.4. The third kappa shape index (κ3) is 6.33. The van der Waals surface area contributed by atoms with E-state index in [0.29, 0.717) is 23.7 Å². The SMILES string of the molecule is CC(=O)NCCc1ccc(S(=O)(=O)NCC2(C)CCNCC2)s1.Cl. The number of nitrogens with one attached hydrogen (secondary N) is 3. The Labute approximate surface area is 154 Å². The largest absolute Gasteiger partial charge is 0.356 e. The lowest BCUT2D eigenvalue weighted by Crippen LogP contribution is -2.42. The number of sulfonamides is 1. The van der Waals surface area contributed by atoms with Gasteiger partial charge in [-0.2, -0.15) is 0 Å². The van der Waals surface area contributed by atoms with Gasteiger partial charge in [0.05, 0.1) is 0 Å². The van der Waals surface area contributed by atoms with Gasteiger partial charge in [0.1, 0.15) is 4.21 Å². The molecule has 0 radical (unpaired) electrons. The second-order valence-electron chi connectivity index (χ2n) is 6.34. The van der Waals surface area contributed by atoms with Crippen molar-refractivity contribution in [1.82, 2.24) is 15.4 Å². The fraction of sp³-hybridized carbons (Fsp3) is 0.667. The number of carbonyl (C=O) groups is 1. The molecule has 24 heavy (non-hydrogen) atoms. The normalized spacial score (nSPS) is 17.1. The summed E-state index contributed by atoms with van der Waals surface area (Å²) in [6, 6.07) is 3.45. The monoisotopic (exact) mass is 395 g/mol. The number of carbonyl (C=O) groups excluding carboxylic acids is 1. The van der Waals surface area contributed by atoms with Crippen molar-refractivity contribution in [3.8, 4) is 0 Å². The molecule has 0 aromatic carbocycles. The average Bonchev–Trinajstić information content (AvgIpc) is 2.96. The number of hydrogen-bond donors (Lipinski definition) is 3. The number of amides is 1. The smallest absolute Gasteiger partial charge is 0.250 e. The zero-order chi connectivity index (χ0) is 16.9. The van der Waals surface area contributed by atoms with Crippen LogP contribution in [0, 0.1) is 5.41 Å². The summed E-state index contributed by atoms with van der Waals surface area (Å²) < 4.78 is 28.0. The van der Waals surface area contributed by atoms with Crippen LogP contribution in [0.1, 0.15) is 31.6 Å². The molecule has 3 N–H and O–H groups in total. The Bertz CT molecular complexity index is 640. The Hall–Kier alpha value is -0.670. The Kier molecular flexibility index (Phi) is 8.14. The first kappa shape index (κ1) is 21.4. The van der Waals surface area contributed by atoms with Crippen molar-refractivity contribution < 1.29 is 13.2 Å². The average molecular weight is 396 g/mol. The molecule has 1 fully saturated rings. The number of hydrogen-bond acceptors (Lipinski definition) is 5. The highest BCUT2D eigenvalue weighted by molar-refractivity contribution is 7.91. The van der Waals surface area contributed by atoms with Gasteiger partial charge >= 0.3 is 0 Å². The van der Waals surface area contributed by atoms with Gasteiger partial charge < -0.3 is 10.6 Å². The minimum atomic E-state index is -3.46. The molecule has 1 aromatic rings. The minimum Gasteiger partial charge on any atom is -0.356 e. The molecule has 1 aromatic heterocycles. The van der Waals surface area contributed by atoms with Crippen LogP contribution in [0.4, 0.5) is 0 Å². The number of thiophene rings is 1. The van der Waals surface area contributed by atoms with Gasteiger partial charge in [0, 0.05) is 24.9 Å². The zero-order valence-electron chi connectivity index (χ0n) is 14.1. The first-order valence-corrected chi connectivity index (χ1v) is 10.1. The fourth-order valence-corrected chi connectivity index (χ4v) is 5.15. The third-order valence-electron chi connectivity index (χ3n) is 4.15. The lowest BCUT2D eigenvalue weighted by atomic mass is 9.81. The number of rotatable bonds is 7. The van der Waals surface area contributed by atoms with Crippen molar-refractivity contribution in [2.24, 2.45) is 5.41 Å². The molecule has 6 nitrogen and oxygen atoms in total. The van der Waals surface area contributed by atoms with E-state index in [1.165, 1.54) is 18.3 Å². The highest BCUT2D eigenvalue weighted by Gasteiger charge is 2.29. The summed E-state index contributed by atoms with van der Waals surface area (Å²) in [6.45, 7) is 6.46. The van der Waals surface area contributed by atoms with E-state index in [0.717, 1.165) is 30.8 Å². The van der Waals surface area contributed by atoms with Gasteiger partial charge in [0.2, 0.25) is 15.9 Å². The highest BCUT2D eigenvalue weighted by Crippen LogP contribution is 2.28. The van der Waals surface area contributed by atoms with Crippen LogP contribution in [0.25, 0.3) is 0 Å². The fourth-order valence-electron chi connectivity index (χ4n) is 2.55. The van der Waals surface area contributed by atoms with E-state index in [2.05, 4.69) is 22.3 Å². The summed E-state index contributed by atoms with van der Waals surface area (Å²) in [5, 5.41) is 6.01. The predicted octanol–water partition coefficient (Wildman–Crippen LogP) is 1.52. The molecular formula is C15H26ClN3O3S2. The summed E-state index contributed by atoms with van der Waals surface area (Å²) >= 11 is 1.26. The first-order chi connectivity index (χ1) is 10.8. The Morgan fingerprint density at radius 3 is 2.62 bits per heavy atom. The maximum Gasteiger partial charge on any atom is 0.250 e. The summed E-state index contributed by atoms with van der Waals surface area (Å²) in [7, 11) is -3.46. The van der Waals surface area contributed by atoms with Crippen molar-refractivity contribution in [1.29, 1.82) is 0 Å². The first-order valence-electron chi connectivity index (χ1n) is 7.84. The molecule has 0 atom stereocenters. The molecule has 1 saturated heterocycles. The summed E-state index contributed by atoms with van der Waals surface area (Å²) in [5.74, 6) is -0.0775. The quantitative estimate of drug-likeness (QED) is 0.653. The van der Waals surface area contributed by atoms with Gasteiger partial charge in [-0.1, -0.05) is 6.92 Å². The van der Waals surface area contributed by atoms with Crippen molar-refractivity contribution >= 4 is 39.7 Å². The standard InChI is InChI=1S/C15H25N3O3S2.ClH/c1-12(19)17-8-5-13-3-4-14(22-13)23(20,21)18-11-15(2)6-9-16-10-7-15;/h3-4,16,18H,5-11H2,1-2H3,(H,17,19);1H. The van der Waals surface area contributed by atoms with Crippen molar-refractivity contribution in [3.63, 3.8) is 0 Å². The van der Waals surface area contributed by atoms with Gasteiger partial charge in [0.25, 0.3) is 0 Å². The van der Waals surface area contributed by atoms with Crippen LogP contribution in [0.15, 0.2) is 16.3 Å². The molecule has 0 aliphatic carbocycles. The van der Waals surface area contributed by atoms with E-state index >= 15 is 0 Å². The van der Waals surface area contributed by atoms with E-state index in [1.807, 2.05) is 6.07 Å². The van der Waals surface area contributed by atoms with Gasteiger partial charge in [-0.25, -0.2) is 13.1 Å². The van der Waals surface area contributed by atoms with Crippen LogP contribution in [-0.2, 0) is 21.2 Å². The molecule has 0 saturated carbocycles. The summed E-state index contributed by atoms with van der Waals surface area (Å²) in [5.41, 5.74) is 0.0177. The molecular weight excluding hydrogens is 370 g/mol. The zero-order valence-corrected chi connectivity index (χ0v) is 16.5. The molecule has 2 heterocycles. The van der Waals surface area contributed by atoms with Gasteiger partial charge in [-0.3, -0.25) is 4.79 Å². The molecule has 0 spiro atoms. The van der Waals surface area contributed by atoms with Crippen LogP contribution in [-0.4, -0.2) is 40.5 Å². The second-order valence-corrected chi connectivity index (χ2v) is 9.50. The molecule has 1 aliphatic heterocycles. The van der Waals surface area contributed by atoms with Crippen LogP contribution >= 0.6 is 23.7 Å². The van der Waals surface area contributed by atoms with Gasteiger partial charge in [-0.15, -0.1) is 23.7 Å². The van der Waals surface area contributed by atoms with E-state index in [9.17, 15) is 13.2 Å². The second kappa shape index (κ2) is 9.15. The molecule has 0 unspecified atom stereocenters. The van der Waals surface area contributed by atoms with E-state index in [4.69, 9.17) is 0 Å². The van der Waals surface area contributed by atoms with E-state index < -0.39 is 10.0 Å². The topological polar surface area (TPSA) is 87.3 Å². The van der Waals surface area contributed by atoms with E-state index in [-0.39, 0.29) is 23.7 Å². The lowest BCUT2D eigenvalue weighted by molar-refractivity contribution is -0.118. The van der Waals surface area contributed by atoms with Gasteiger partial charge in [0.15, 0.2) is 0 Å². The summed E-state index contributed by atoms with van der Waals surface area (Å²) in [6.07, 6.45) is 2.59. The van der Waals surface area contributed by atoms with Crippen LogP contribution in [0.2, 0.25) is 0 Å². The molecule has 138 valence electrons. The van der Waals surface area contributed by atoms with Crippen LogP contribution in [0.5, 0.6) is 0 Å². The van der Waals surface area contributed by atoms with Crippen LogP contribution < -0.4 is 15.4 Å². The Morgan fingerprint density at radius 1 is 1.33 bits per heavy atom. The van der Waals surface area contributed by atoms with Crippen LogP contribution in [0.3, 0.4) is 0 Å². The molecule has 0 bridgehead atoms. The summed E-state index contributed by atoms with van der Waals surface area (Å²) in [4.78, 5) is 11.8. The molecule has 1 amide bonds. The van der Waals surface area contributed by atoms with Gasteiger partial charge in [-0.05, 0) is 49.9 Å². The molecule has 2 rings (SSSR count). The lowest BCUT2D eigenvalue weighted by Gasteiger charge is -2.33. The van der Waals surface area contributed by atoms with Crippen molar-refractivity contribution in [2.45, 2.75) is 37.3 Å². The highest BCUT2D eigenvalue weighted by atomic mass is 35.5. The van der Waals surface area contributed by atoms with Crippen molar-refractivity contribution in [3.05, 3.63) is 17.0 Å². The Morgan fingerprint density at radius 2 is 2.00 bits per heavy atom. The number of halogens is 1. The Balaban J connectivity index is 0.00000288. The van der Waals surface area contributed by atoms with E-state index in [1.54, 1.807) is 6.07 Å². The minimum absolute atomic E-state index is 0. The predicted molar refractivity (Wildman–Crippen MR) is 99.4 cm³/mol. The van der Waals surface area contributed by atoms with Crippen molar-refractivity contribution in [2.75, 3.05) is 26.2 Å². The maximum absolute atomic E-state index is 12.4. The molecule has 9 heteroatoms. The molecule has 1 aliphatic rings. The number of piperidine rings is 1.